The van der Waals surface area contributed by atoms with E-state index in [1.165, 1.54) is 11.5 Å². The van der Waals surface area contributed by atoms with Crippen molar-refractivity contribution in [2.45, 2.75) is 13.1 Å². The molecule has 24 heavy (non-hydrogen) atoms. The van der Waals surface area contributed by atoms with Crippen LogP contribution in [-0.4, -0.2) is 40.5 Å². The quantitative estimate of drug-likeness (QED) is 0.877. The first-order valence-corrected chi connectivity index (χ1v) is 9.29. The molecule has 0 atom stereocenters. The van der Waals surface area contributed by atoms with Gasteiger partial charge in [0.25, 0.3) is 0 Å². The summed E-state index contributed by atoms with van der Waals surface area (Å²) >= 11 is 2.00. The average molecular weight is 342 g/mol. The number of nitrogens with zero attached hydrogens (tertiary/aromatic N) is 2. The summed E-state index contributed by atoms with van der Waals surface area (Å²) in [6.07, 6.45) is 1.72. The molecule has 2 heterocycles. The maximum atomic E-state index is 12.2. The minimum absolute atomic E-state index is 0.206. The molecule has 1 saturated heterocycles. The Morgan fingerprint density at radius 2 is 1.92 bits per heavy atom. The van der Waals surface area contributed by atoms with E-state index in [2.05, 4.69) is 26.6 Å². The Labute approximate surface area is 146 Å². The largest absolute Gasteiger partial charge is 0.332 e. The van der Waals surface area contributed by atoms with Crippen molar-refractivity contribution in [3.05, 3.63) is 59.9 Å². The van der Waals surface area contributed by atoms with Crippen LogP contribution in [0.5, 0.6) is 0 Å². The average Bonchev–Trinajstić information content (AvgIpc) is 2.63. The highest BCUT2D eigenvalue weighted by molar-refractivity contribution is 7.99. The standard InChI is InChI=1S/C18H22N4OS/c23-18(20-13-16-6-3-4-8-19-16)21-17-7-2-1-5-15(17)14-22-9-11-24-12-10-22/h1-8H,9-14H2,(H2,20,21,23). The summed E-state index contributed by atoms with van der Waals surface area (Å²) in [6.45, 7) is 3.49. The molecule has 0 saturated carbocycles. The first-order chi connectivity index (χ1) is 11.8. The molecule has 0 aliphatic carbocycles. The van der Waals surface area contributed by atoms with Crippen LogP contribution in [0.4, 0.5) is 10.5 Å². The Balaban J connectivity index is 1.56. The fourth-order valence-electron chi connectivity index (χ4n) is 2.62. The minimum Gasteiger partial charge on any atom is -0.332 e. The molecule has 2 amide bonds. The summed E-state index contributed by atoms with van der Waals surface area (Å²) in [7, 11) is 0. The number of pyridine rings is 1. The summed E-state index contributed by atoms with van der Waals surface area (Å²) in [5.41, 5.74) is 2.86. The van der Waals surface area contributed by atoms with E-state index in [1.807, 2.05) is 48.2 Å². The Morgan fingerprint density at radius 3 is 2.71 bits per heavy atom. The lowest BCUT2D eigenvalue weighted by molar-refractivity contribution is 0.251. The molecule has 1 aliphatic rings. The van der Waals surface area contributed by atoms with Crippen molar-refractivity contribution in [1.29, 1.82) is 0 Å². The molecule has 1 aliphatic heterocycles. The second kappa shape index (κ2) is 8.70. The van der Waals surface area contributed by atoms with Gasteiger partial charge in [0.15, 0.2) is 0 Å². The third-order valence-electron chi connectivity index (χ3n) is 3.92. The van der Waals surface area contributed by atoms with Crippen LogP contribution < -0.4 is 10.6 Å². The molecule has 3 rings (SSSR count). The van der Waals surface area contributed by atoms with Gasteiger partial charge in [-0.25, -0.2) is 4.79 Å². The number of amides is 2. The molecule has 2 N–H and O–H groups in total. The first-order valence-electron chi connectivity index (χ1n) is 8.14. The fourth-order valence-corrected chi connectivity index (χ4v) is 3.60. The van der Waals surface area contributed by atoms with Crippen LogP contribution in [0.2, 0.25) is 0 Å². The molecule has 0 spiro atoms. The lowest BCUT2D eigenvalue weighted by Gasteiger charge is -2.27. The molecule has 0 unspecified atom stereocenters. The topological polar surface area (TPSA) is 57.3 Å². The second-order valence-corrected chi connectivity index (χ2v) is 6.90. The Kier molecular flexibility index (Phi) is 6.09. The van der Waals surface area contributed by atoms with Gasteiger partial charge in [-0.1, -0.05) is 24.3 Å². The minimum atomic E-state index is -0.206. The zero-order chi connectivity index (χ0) is 16.6. The first kappa shape index (κ1) is 16.8. The number of carbonyl (C=O) groups excluding carboxylic acids is 1. The monoisotopic (exact) mass is 342 g/mol. The van der Waals surface area contributed by atoms with Gasteiger partial charge in [-0.05, 0) is 23.8 Å². The third kappa shape index (κ3) is 4.97. The fraction of sp³-hybridized carbons (Fsp3) is 0.333. The number of aromatic nitrogens is 1. The van der Waals surface area contributed by atoms with Crippen molar-refractivity contribution in [2.75, 3.05) is 29.9 Å². The number of hydrogen-bond donors (Lipinski definition) is 2. The molecular formula is C18H22N4OS. The molecule has 2 aromatic rings. The molecule has 0 radical (unpaired) electrons. The lowest BCUT2D eigenvalue weighted by Crippen LogP contribution is -2.33. The summed E-state index contributed by atoms with van der Waals surface area (Å²) in [5.74, 6) is 2.36. The van der Waals surface area contributed by atoms with Crippen LogP contribution in [0.3, 0.4) is 0 Å². The normalized spacial score (nSPS) is 15.0. The molecule has 5 nitrogen and oxygen atoms in total. The van der Waals surface area contributed by atoms with Crippen molar-refractivity contribution in [2.24, 2.45) is 0 Å². The number of rotatable bonds is 5. The molecule has 0 bridgehead atoms. The maximum absolute atomic E-state index is 12.2. The molecule has 126 valence electrons. The van der Waals surface area contributed by atoms with Gasteiger partial charge in [-0.3, -0.25) is 9.88 Å². The SMILES string of the molecule is O=C(NCc1ccccn1)Nc1ccccc1CN1CCSCC1. The smallest absolute Gasteiger partial charge is 0.319 e. The number of benzene rings is 1. The van der Waals surface area contributed by atoms with E-state index in [9.17, 15) is 4.79 Å². The molecule has 1 fully saturated rings. The summed E-state index contributed by atoms with van der Waals surface area (Å²) in [4.78, 5) is 18.8. The number of hydrogen-bond acceptors (Lipinski definition) is 4. The second-order valence-electron chi connectivity index (χ2n) is 5.67. The highest BCUT2D eigenvalue weighted by atomic mass is 32.2. The van der Waals surface area contributed by atoms with E-state index in [1.54, 1.807) is 6.20 Å². The number of carbonyl (C=O) groups is 1. The van der Waals surface area contributed by atoms with E-state index in [0.717, 1.165) is 36.6 Å². The van der Waals surface area contributed by atoms with Crippen LogP contribution in [0.15, 0.2) is 48.7 Å². The summed E-state index contributed by atoms with van der Waals surface area (Å²) in [6, 6.07) is 13.5. The predicted octanol–water partition coefficient (Wildman–Crippen LogP) is 2.95. The third-order valence-corrected chi connectivity index (χ3v) is 4.86. The lowest BCUT2D eigenvalue weighted by atomic mass is 10.1. The summed E-state index contributed by atoms with van der Waals surface area (Å²) in [5, 5.41) is 5.81. The Bertz CT molecular complexity index is 659. The van der Waals surface area contributed by atoms with Gasteiger partial charge < -0.3 is 10.6 Å². The van der Waals surface area contributed by atoms with Gasteiger partial charge in [-0.2, -0.15) is 11.8 Å². The van der Waals surface area contributed by atoms with E-state index in [-0.39, 0.29) is 6.03 Å². The maximum Gasteiger partial charge on any atom is 0.319 e. The molecular weight excluding hydrogens is 320 g/mol. The number of thioether (sulfide) groups is 1. The van der Waals surface area contributed by atoms with Gasteiger partial charge in [0.2, 0.25) is 0 Å². The number of para-hydroxylation sites is 1. The van der Waals surface area contributed by atoms with E-state index < -0.39 is 0 Å². The van der Waals surface area contributed by atoms with Crippen molar-refractivity contribution in [3.63, 3.8) is 0 Å². The predicted molar refractivity (Wildman–Crippen MR) is 99.1 cm³/mol. The highest BCUT2D eigenvalue weighted by Gasteiger charge is 2.13. The van der Waals surface area contributed by atoms with E-state index in [4.69, 9.17) is 0 Å². The van der Waals surface area contributed by atoms with Crippen molar-refractivity contribution < 1.29 is 4.79 Å². The van der Waals surface area contributed by atoms with Crippen LogP contribution in [0, 0.1) is 0 Å². The number of urea groups is 1. The van der Waals surface area contributed by atoms with Crippen molar-refractivity contribution >= 4 is 23.5 Å². The van der Waals surface area contributed by atoms with Crippen LogP contribution in [0.1, 0.15) is 11.3 Å². The zero-order valence-electron chi connectivity index (χ0n) is 13.6. The van der Waals surface area contributed by atoms with Crippen molar-refractivity contribution in [3.8, 4) is 0 Å². The van der Waals surface area contributed by atoms with Gasteiger partial charge in [0.1, 0.15) is 0 Å². The number of anilines is 1. The van der Waals surface area contributed by atoms with Gasteiger partial charge in [0, 0.05) is 43.0 Å². The van der Waals surface area contributed by atoms with Crippen molar-refractivity contribution in [1.82, 2.24) is 15.2 Å². The summed E-state index contributed by atoms with van der Waals surface area (Å²) < 4.78 is 0. The molecule has 1 aromatic heterocycles. The van der Waals surface area contributed by atoms with Gasteiger partial charge >= 0.3 is 6.03 Å². The Hall–Kier alpha value is -2.05. The van der Waals surface area contributed by atoms with Crippen LogP contribution >= 0.6 is 11.8 Å². The molecule has 6 heteroatoms. The Morgan fingerprint density at radius 1 is 1.12 bits per heavy atom. The highest BCUT2D eigenvalue weighted by Crippen LogP contribution is 2.19. The van der Waals surface area contributed by atoms with Crippen LogP contribution in [-0.2, 0) is 13.1 Å². The molecule has 1 aromatic carbocycles. The van der Waals surface area contributed by atoms with Gasteiger partial charge in [-0.15, -0.1) is 0 Å². The van der Waals surface area contributed by atoms with E-state index >= 15 is 0 Å². The van der Waals surface area contributed by atoms with Crippen LogP contribution in [0.25, 0.3) is 0 Å². The zero-order valence-corrected chi connectivity index (χ0v) is 14.4. The number of nitrogens with one attached hydrogen (secondary N) is 2. The van der Waals surface area contributed by atoms with E-state index in [0.29, 0.717) is 6.54 Å². The van der Waals surface area contributed by atoms with Gasteiger partial charge in [0.05, 0.1) is 12.2 Å².